The van der Waals surface area contributed by atoms with Gasteiger partial charge < -0.3 is 5.32 Å². The Balaban J connectivity index is 1.94. The molecule has 0 aliphatic carbocycles. The molecule has 0 fully saturated rings. The Hall–Kier alpha value is -2.00. The number of thioether (sulfide) groups is 1. The predicted molar refractivity (Wildman–Crippen MR) is 98.3 cm³/mol. The van der Waals surface area contributed by atoms with Crippen molar-refractivity contribution in [1.82, 2.24) is 5.32 Å². The Kier molecular flexibility index (Phi) is 6.59. The Labute approximate surface area is 160 Å². The van der Waals surface area contributed by atoms with Gasteiger partial charge in [0, 0.05) is 11.2 Å². The second-order valence-corrected chi connectivity index (χ2v) is 9.01. The van der Waals surface area contributed by atoms with Crippen LogP contribution in [0.5, 0.6) is 0 Å². The third-order valence-electron chi connectivity index (χ3n) is 3.72. The molecule has 1 N–H and O–H groups in total. The van der Waals surface area contributed by atoms with Crippen LogP contribution in [0.3, 0.4) is 0 Å². The highest BCUT2D eigenvalue weighted by atomic mass is 32.2. The molecule has 1 atom stereocenters. The van der Waals surface area contributed by atoms with E-state index in [0.717, 1.165) is 35.7 Å². The summed E-state index contributed by atoms with van der Waals surface area (Å²) in [5.74, 6) is -0.371. The number of benzene rings is 2. The molecule has 4 nitrogen and oxygen atoms in total. The molecule has 146 valence electrons. The minimum Gasteiger partial charge on any atom is -0.349 e. The molecule has 0 spiro atoms. The van der Waals surface area contributed by atoms with E-state index in [1.54, 1.807) is 19.1 Å². The molecule has 0 saturated carbocycles. The first-order valence-electron chi connectivity index (χ1n) is 7.86. The van der Waals surface area contributed by atoms with Crippen LogP contribution in [0.1, 0.15) is 24.1 Å². The monoisotopic (exact) mass is 417 g/mol. The average molecular weight is 417 g/mol. The SMILES string of the molecule is CC(NC(=O)CSc1cccc(C(F)(F)F)c1)c1ccc(S(C)(=O)=O)cc1. The maximum absolute atomic E-state index is 12.7. The van der Waals surface area contributed by atoms with Gasteiger partial charge in [0.25, 0.3) is 0 Å². The molecule has 0 heterocycles. The number of rotatable bonds is 6. The molecule has 1 amide bonds. The minimum atomic E-state index is -4.43. The fraction of sp³-hybridized carbons (Fsp3) is 0.278. The van der Waals surface area contributed by atoms with E-state index >= 15 is 0 Å². The van der Waals surface area contributed by atoms with Gasteiger partial charge in [-0.05, 0) is 42.8 Å². The molecule has 2 aromatic carbocycles. The smallest absolute Gasteiger partial charge is 0.349 e. The Morgan fingerprint density at radius 1 is 1.15 bits per heavy atom. The third-order valence-corrected chi connectivity index (χ3v) is 5.84. The summed E-state index contributed by atoms with van der Waals surface area (Å²) in [6.07, 6.45) is -3.32. The fourth-order valence-corrected chi connectivity index (χ4v) is 3.68. The van der Waals surface area contributed by atoms with Crippen molar-refractivity contribution in [1.29, 1.82) is 0 Å². The molecular weight excluding hydrogens is 399 g/mol. The molecule has 1 unspecified atom stereocenters. The molecule has 0 saturated heterocycles. The van der Waals surface area contributed by atoms with Crippen LogP contribution in [0.15, 0.2) is 58.3 Å². The van der Waals surface area contributed by atoms with Crippen molar-refractivity contribution in [3.05, 3.63) is 59.7 Å². The Morgan fingerprint density at radius 2 is 1.78 bits per heavy atom. The molecule has 9 heteroatoms. The van der Waals surface area contributed by atoms with Crippen molar-refractivity contribution in [2.75, 3.05) is 12.0 Å². The molecule has 0 bridgehead atoms. The summed E-state index contributed by atoms with van der Waals surface area (Å²) in [5.41, 5.74) is -0.0351. The van der Waals surface area contributed by atoms with Gasteiger partial charge in [0.1, 0.15) is 0 Å². The van der Waals surface area contributed by atoms with Gasteiger partial charge >= 0.3 is 6.18 Å². The topological polar surface area (TPSA) is 63.2 Å². The van der Waals surface area contributed by atoms with Crippen LogP contribution in [-0.2, 0) is 20.8 Å². The molecule has 0 radical (unpaired) electrons. The number of alkyl halides is 3. The Morgan fingerprint density at radius 3 is 2.33 bits per heavy atom. The predicted octanol–water partition coefficient (Wildman–Crippen LogP) is 4.08. The summed E-state index contributed by atoms with van der Waals surface area (Å²) in [4.78, 5) is 12.6. The van der Waals surface area contributed by atoms with Crippen LogP contribution in [-0.4, -0.2) is 26.3 Å². The summed E-state index contributed by atoms with van der Waals surface area (Å²) in [6, 6.07) is 10.6. The third kappa shape index (κ3) is 6.28. The van der Waals surface area contributed by atoms with Gasteiger partial charge in [-0.25, -0.2) is 8.42 Å². The fourth-order valence-electron chi connectivity index (χ4n) is 2.28. The lowest BCUT2D eigenvalue weighted by Gasteiger charge is -2.15. The molecule has 2 aromatic rings. The van der Waals surface area contributed by atoms with Gasteiger partial charge in [0.2, 0.25) is 5.91 Å². The molecule has 0 aliphatic heterocycles. The van der Waals surface area contributed by atoms with Crippen molar-refractivity contribution in [2.24, 2.45) is 0 Å². The van der Waals surface area contributed by atoms with Gasteiger partial charge in [-0.2, -0.15) is 13.2 Å². The zero-order chi connectivity index (χ0) is 20.2. The lowest BCUT2D eigenvalue weighted by atomic mass is 10.1. The number of amides is 1. The summed E-state index contributed by atoms with van der Waals surface area (Å²) in [5, 5.41) is 2.74. The molecule has 2 rings (SSSR count). The average Bonchev–Trinajstić information content (AvgIpc) is 2.59. The number of carbonyl (C=O) groups excluding carboxylic acids is 1. The van der Waals surface area contributed by atoms with E-state index in [0.29, 0.717) is 4.90 Å². The molecule has 0 aromatic heterocycles. The first-order chi connectivity index (χ1) is 12.5. The number of sulfone groups is 1. The van der Waals surface area contributed by atoms with Crippen molar-refractivity contribution in [2.45, 2.75) is 28.9 Å². The summed E-state index contributed by atoms with van der Waals surface area (Å²) in [7, 11) is -3.29. The van der Waals surface area contributed by atoms with Gasteiger partial charge in [0.15, 0.2) is 9.84 Å². The van der Waals surface area contributed by atoms with Gasteiger partial charge in [-0.3, -0.25) is 4.79 Å². The number of carbonyl (C=O) groups is 1. The zero-order valence-corrected chi connectivity index (χ0v) is 16.2. The van der Waals surface area contributed by atoms with E-state index in [1.165, 1.54) is 24.3 Å². The summed E-state index contributed by atoms with van der Waals surface area (Å²) >= 11 is 1.01. The summed E-state index contributed by atoms with van der Waals surface area (Å²) < 4.78 is 61.0. The van der Waals surface area contributed by atoms with E-state index < -0.39 is 21.6 Å². The van der Waals surface area contributed by atoms with Crippen LogP contribution < -0.4 is 5.32 Å². The normalized spacial score (nSPS) is 13.2. The van der Waals surface area contributed by atoms with Crippen molar-refractivity contribution in [3.63, 3.8) is 0 Å². The highest BCUT2D eigenvalue weighted by Gasteiger charge is 2.30. The summed E-state index contributed by atoms with van der Waals surface area (Å²) in [6.45, 7) is 1.74. The van der Waals surface area contributed by atoms with Crippen LogP contribution in [0.25, 0.3) is 0 Å². The largest absolute Gasteiger partial charge is 0.416 e. The second-order valence-electron chi connectivity index (χ2n) is 5.94. The molecule has 0 aliphatic rings. The number of hydrogen-bond acceptors (Lipinski definition) is 4. The second kappa shape index (κ2) is 8.35. The quantitative estimate of drug-likeness (QED) is 0.720. The lowest BCUT2D eigenvalue weighted by molar-refractivity contribution is -0.137. The number of halogens is 3. The first-order valence-corrected chi connectivity index (χ1v) is 10.7. The van der Waals surface area contributed by atoms with Crippen LogP contribution in [0.4, 0.5) is 13.2 Å². The minimum absolute atomic E-state index is 0.0346. The molecular formula is C18H18F3NO3S2. The highest BCUT2D eigenvalue weighted by Crippen LogP contribution is 2.31. The Bertz CT molecular complexity index is 910. The number of hydrogen-bond donors (Lipinski definition) is 1. The van der Waals surface area contributed by atoms with Crippen molar-refractivity contribution < 1.29 is 26.4 Å². The van der Waals surface area contributed by atoms with Crippen LogP contribution in [0, 0.1) is 0 Å². The van der Waals surface area contributed by atoms with Gasteiger partial charge in [-0.1, -0.05) is 18.2 Å². The van der Waals surface area contributed by atoms with Crippen LogP contribution in [0.2, 0.25) is 0 Å². The number of nitrogens with one attached hydrogen (secondary N) is 1. The van der Waals surface area contributed by atoms with Crippen molar-refractivity contribution in [3.8, 4) is 0 Å². The standard InChI is InChI=1S/C18H18F3NO3S2/c1-12(13-6-8-16(9-7-13)27(2,24)25)22-17(23)11-26-15-5-3-4-14(10-15)18(19,20)21/h3-10,12H,11H2,1-2H3,(H,22,23). The van der Waals surface area contributed by atoms with E-state index in [1.807, 2.05) is 0 Å². The first kappa shape index (κ1) is 21.3. The van der Waals surface area contributed by atoms with Gasteiger partial charge in [0.05, 0.1) is 22.3 Å². The van der Waals surface area contributed by atoms with E-state index in [4.69, 9.17) is 0 Å². The van der Waals surface area contributed by atoms with E-state index in [-0.39, 0.29) is 22.6 Å². The highest BCUT2D eigenvalue weighted by molar-refractivity contribution is 8.00. The van der Waals surface area contributed by atoms with E-state index in [2.05, 4.69) is 5.32 Å². The molecule has 27 heavy (non-hydrogen) atoms. The van der Waals surface area contributed by atoms with Gasteiger partial charge in [-0.15, -0.1) is 11.8 Å². The maximum Gasteiger partial charge on any atom is 0.416 e. The maximum atomic E-state index is 12.7. The van der Waals surface area contributed by atoms with Crippen LogP contribution >= 0.6 is 11.8 Å². The lowest BCUT2D eigenvalue weighted by Crippen LogP contribution is -2.28. The van der Waals surface area contributed by atoms with Crippen molar-refractivity contribution >= 4 is 27.5 Å². The zero-order valence-electron chi connectivity index (χ0n) is 14.6. The van der Waals surface area contributed by atoms with E-state index in [9.17, 15) is 26.4 Å².